The summed E-state index contributed by atoms with van der Waals surface area (Å²) in [5.74, 6) is 0.819. The maximum atomic E-state index is 11.2. The number of carbonyl (C=O) groups excluding carboxylic acids is 1. The van der Waals surface area contributed by atoms with Crippen LogP contribution in [0.4, 0.5) is 0 Å². The van der Waals surface area contributed by atoms with Crippen LogP contribution in [0.3, 0.4) is 0 Å². The predicted octanol–water partition coefficient (Wildman–Crippen LogP) is 4.61. The highest BCUT2D eigenvalue weighted by Crippen LogP contribution is 2.41. The Morgan fingerprint density at radius 1 is 1.17 bits per heavy atom. The molecule has 0 heterocycles. The van der Waals surface area contributed by atoms with Crippen molar-refractivity contribution in [1.29, 1.82) is 0 Å². The Morgan fingerprint density at radius 2 is 1.90 bits per heavy atom. The van der Waals surface area contributed by atoms with Crippen LogP contribution in [-0.4, -0.2) is 48.1 Å². The smallest absolute Gasteiger partial charge is 0.305 e. The Kier molecular flexibility index (Phi) is 13.5. The molecule has 1 rings (SSSR count). The standard InChI is InChI=1S/C25H47NO4/c1-5-7-12-16-25(3,29)17-15-21-20(19-26-6-2)18-23(27)22(21)13-10-8-9-11-14-24(28)30-4/h15,17,20-23,26-27,29H,5-14,16,18-19H2,1-4H3/t20-,21-,22+,23+,25?/m0/s1. The van der Waals surface area contributed by atoms with Crippen LogP contribution in [0.2, 0.25) is 0 Å². The zero-order valence-corrected chi connectivity index (χ0v) is 19.9. The number of hydrogen-bond donors (Lipinski definition) is 3. The summed E-state index contributed by atoms with van der Waals surface area (Å²) in [6, 6.07) is 0. The van der Waals surface area contributed by atoms with Gasteiger partial charge in [-0.15, -0.1) is 0 Å². The molecule has 0 bridgehead atoms. The van der Waals surface area contributed by atoms with Gasteiger partial charge in [0, 0.05) is 6.42 Å². The van der Waals surface area contributed by atoms with Crippen LogP contribution in [0.1, 0.15) is 91.4 Å². The third kappa shape index (κ3) is 10.4. The highest BCUT2D eigenvalue weighted by Gasteiger charge is 2.40. The van der Waals surface area contributed by atoms with E-state index >= 15 is 0 Å². The largest absolute Gasteiger partial charge is 0.469 e. The molecule has 0 aliphatic heterocycles. The molecule has 0 amide bonds. The minimum absolute atomic E-state index is 0.135. The summed E-state index contributed by atoms with van der Waals surface area (Å²) in [4.78, 5) is 11.2. The monoisotopic (exact) mass is 425 g/mol. The van der Waals surface area contributed by atoms with Crippen LogP contribution in [0.25, 0.3) is 0 Å². The number of rotatable bonds is 16. The average Bonchev–Trinajstić information content (AvgIpc) is 3.01. The molecule has 30 heavy (non-hydrogen) atoms. The van der Waals surface area contributed by atoms with Crippen molar-refractivity contribution in [1.82, 2.24) is 5.32 Å². The first-order valence-electron chi connectivity index (χ1n) is 12.2. The van der Waals surface area contributed by atoms with Crippen molar-refractivity contribution in [3.05, 3.63) is 12.2 Å². The van der Waals surface area contributed by atoms with Crippen molar-refractivity contribution in [3.8, 4) is 0 Å². The maximum Gasteiger partial charge on any atom is 0.305 e. The molecule has 0 spiro atoms. The predicted molar refractivity (Wildman–Crippen MR) is 123 cm³/mol. The Hall–Kier alpha value is -0.910. The van der Waals surface area contributed by atoms with Crippen molar-refractivity contribution in [3.63, 3.8) is 0 Å². The fourth-order valence-electron chi connectivity index (χ4n) is 4.72. The van der Waals surface area contributed by atoms with Crippen molar-refractivity contribution in [2.75, 3.05) is 20.2 Å². The molecule has 1 aliphatic carbocycles. The van der Waals surface area contributed by atoms with Gasteiger partial charge >= 0.3 is 5.97 Å². The second-order valence-electron chi connectivity index (χ2n) is 9.31. The number of allylic oxidation sites excluding steroid dienone is 1. The molecule has 5 heteroatoms. The molecule has 0 aromatic heterocycles. The lowest BCUT2D eigenvalue weighted by atomic mass is 9.83. The Bertz CT molecular complexity index is 492. The number of nitrogens with one attached hydrogen (secondary N) is 1. The summed E-state index contributed by atoms with van der Waals surface area (Å²) >= 11 is 0. The van der Waals surface area contributed by atoms with E-state index in [0.29, 0.717) is 18.3 Å². The van der Waals surface area contributed by atoms with E-state index in [-0.39, 0.29) is 18.0 Å². The first-order valence-corrected chi connectivity index (χ1v) is 12.2. The number of unbranched alkanes of at least 4 members (excludes halogenated alkanes) is 5. The van der Waals surface area contributed by atoms with E-state index in [1.807, 2.05) is 13.0 Å². The fraction of sp³-hybridized carbons (Fsp3) is 0.880. The minimum atomic E-state index is -0.774. The number of hydrogen-bond acceptors (Lipinski definition) is 5. The van der Waals surface area contributed by atoms with E-state index in [9.17, 15) is 15.0 Å². The first-order chi connectivity index (χ1) is 14.3. The van der Waals surface area contributed by atoms with Crippen molar-refractivity contribution in [2.24, 2.45) is 17.8 Å². The van der Waals surface area contributed by atoms with Crippen molar-refractivity contribution < 1.29 is 19.7 Å². The van der Waals surface area contributed by atoms with Gasteiger partial charge in [0.25, 0.3) is 0 Å². The van der Waals surface area contributed by atoms with E-state index in [4.69, 9.17) is 0 Å². The first kappa shape index (κ1) is 27.1. The molecule has 1 saturated carbocycles. The summed E-state index contributed by atoms with van der Waals surface area (Å²) in [6.45, 7) is 8.04. The summed E-state index contributed by atoms with van der Waals surface area (Å²) < 4.78 is 4.69. The summed E-state index contributed by atoms with van der Waals surface area (Å²) in [7, 11) is 1.43. The second-order valence-corrected chi connectivity index (χ2v) is 9.31. The van der Waals surface area contributed by atoms with Gasteiger partial charge in [0.15, 0.2) is 0 Å². The zero-order valence-electron chi connectivity index (χ0n) is 19.9. The average molecular weight is 426 g/mol. The molecule has 0 saturated heterocycles. The number of esters is 1. The Labute approximate surface area is 184 Å². The van der Waals surface area contributed by atoms with Gasteiger partial charge in [-0.3, -0.25) is 4.79 Å². The molecule has 0 aromatic carbocycles. The molecule has 1 unspecified atom stereocenters. The zero-order chi connectivity index (χ0) is 22.4. The van der Waals surface area contributed by atoms with Crippen LogP contribution >= 0.6 is 0 Å². The Morgan fingerprint density at radius 3 is 2.57 bits per heavy atom. The molecular formula is C25H47NO4. The number of carbonyl (C=O) groups is 1. The normalized spacial score (nSPS) is 26.2. The SMILES string of the molecule is CCCCCC(C)(O)C=C[C@H]1[C@H](CNCC)C[C@@H](O)[C@@H]1CCCCCCC(=O)OC. The van der Waals surface area contributed by atoms with Gasteiger partial charge in [0.05, 0.1) is 18.8 Å². The maximum absolute atomic E-state index is 11.2. The Balaban J connectivity index is 2.62. The molecule has 176 valence electrons. The van der Waals surface area contributed by atoms with Gasteiger partial charge in [-0.2, -0.15) is 0 Å². The van der Waals surface area contributed by atoms with Crippen LogP contribution in [0.5, 0.6) is 0 Å². The molecule has 1 fully saturated rings. The molecule has 0 aromatic rings. The lowest BCUT2D eigenvalue weighted by Gasteiger charge is -2.25. The molecule has 1 aliphatic rings. The molecule has 0 radical (unpaired) electrons. The van der Waals surface area contributed by atoms with Crippen molar-refractivity contribution in [2.45, 2.75) is 103 Å². The summed E-state index contributed by atoms with van der Waals surface area (Å²) in [6.07, 6.45) is 14.4. The second kappa shape index (κ2) is 15.0. The summed E-state index contributed by atoms with van der Waals surface area (Å²) in [5, 5.41) is 25.0. The third-order valence-corrected chi connectivity index (χ3v) is 6.59. The fourth-order valence-corrected chi connectivity index (χ4v) is 4.72. The number of aliphatic hydroxyl groups excluding tert-OH is 1. The van der Waals surface area contributed by atoms with Crippen molar-refractivity contribution >= 4 is 5.97 Å². The highest BCUT2D eigenvalue weighted by atomic mass is 16.5. The van der Waals surface area contributed by atoms with Gasteiger partial charge in [0.2, 0.25) is 0 Å². The van der Waals surface area contributed by atoms with Gasteiger partial charge in [-0.05, 0) is 63.5 Å². The quantitative estimate of drug-likeness (QED) is 0.191. The lowest BCUT2D eigenvalue weighted by molar-refractivity contribution is -0.140. The lowest BCUT2D eigenvalue weighted by Crippen LogP contribution is -2.27. The molecule has 5 atom stereocenters. The van der Waals surface area contributed by atoms with Crippen LogP contribution in [0.15, 0.2) is 12.2 Å². The van der Waals surface area contributed by atoms with E-state index in [1.165, 1.54) is 7.11 Å². The van der Waals surface area contributed by atoms with Gasteiger partial charge < -0.3 is 20.3 Å². The third-order valence-electron chi connectivity index (χ3n) is 6.59. The molecule has 5 nitrogen and oxygen atoms in total. The highest BCUT2D eigenvalue weighted by molar-refractivity contribution is 5.68. The number of aliphatic hydroxyl groups is 2. The number of methoxy groups -OCH3 is 1. The van der Waals surface area contributed by atoms with Gasteiger partial charge in [-0.1, -0.05) is 64.5 Å². The molecular weight excluding hydrogens is 378 g/mol. The topological polar surface area (TPSA) is 78.8 Å². The summed E-state index contributed by atoms with van der Waals surface area (Å²) in [5.41, 5.74) is -0.774. The molecule has 3 N–H and O–H groups in total. The van der Waals surface area contributed by atoms with E-state index in [2.05, 4.69) is 30.0 Å². The van der Waals surface area contributed by atoms with Crippen LogP contribution < -0.4 is 5.32 Å². The van der Waals surface area contributed by atoms with Gasteiger partial charge in [0.1, 0.15) is 0 Å². The van der Waals surface area contributed by atoms with E-state index < -0.39 is 5.60 Å². The van der Waals surface area contributed by atoms with E-state index in [0.717, 1.165) is 77.3 Å². The van der Waals surface area contributed by atoms with Gasteiger partial charge in [-0.25, -0.2) is 0 Å². The number of ether oxygens (including phenoxy) is 1. The minimum Gasteiger partial charge on any atom is -0.469 e. The van der Waals surface area contributed by atoms with E-state index in [1.54, 1.807) is 0 Å². The van der Waals surface area contributed by atoms with Crippen LogP contribution in [0, 0.1) is 17.8 Å². The van der Waals surface area contributed by atoms with Crippen LogP contribution in [-0.2, 0) is 9.53 Å².